The van der Waals surface area contributed by atoms with Crippen LogP contribution in [0.5, 0.6) is 0 Å². The zero-order valence-electron chi connectivity index (χ0n) is 12.0. The van der Waals surface area contributed by atoms with Gasteiger partial charge < -0.3 is 5.11 Å². The van der Waals surface area contributed by atoms with Gasteiger partial charge in [0.25, 0.3) is 0 Å². The minimum Gasteiger partial charge on any atom is -0.481 e. The Kier molecular flexibility index (Phi) is 4.46. The van der Waals surface area contributed by atoms with Gasteiger partial charge in [-0.1, -0.05) is 6.07 Å². The number of nitrogens with zero attached hydrogens (tertiary/aromatic N) is 1. The maximum atomic E-state index is 12.6. The standard InChI is InChI=1S/C14H18BrNO4S/c1-10-3-4-12(11(15)9-10)21(19,20)16-7-5-14(2,6-8-16)13(17)18/h3-4,9H,5-8H2,1-2H3,(H,17,18). The molecule has 1 N–H and O–H groups in total. The normalized spacial score (nSPS) is 19.4. The van der Waals surface area contributed by atoms with Crippen molar-refractivity contribution in [1.29, 1.82) is 0 Å². The van der Waals surface area contributed by atoms with Crippen LogP contribution in [0, 0.1) is 12.3 Å². The Bertz CT molecular complexity index is 664. The summed E-state index contributed by atoms with van der Waals surface area (Å²) in [7, 11) is -3.59. The zero-order chi connectivity index (χ0) is 15.8. The number of carboxylic acids is 1. The molecule has 1 fully saturated rings. The number of carboxylic acid groups (broad SMARTS) is 1. The molecule has 1 saturated heterocycles. The number of aryl methyl sites for hydroxylation is 1. The first-order valence-electron chi connectivity index (χ1n) is 6.66. The van der Waals surface area contributed by atoms with E-state index >= 15 is 0 Å². The van der Waals surface area contributed by atoms with E-state index in [-0.39, 0.29) is 18.0 Å². The molecule has 0 spiro atoms. The van der Waals surface area contributed by atoms with Crippen molar-refractivity contribution < 1.29 is 18.3 Å². The fraction of sp³-hybridized carbons (Fsp3) is 0.500. The Hall–Kier alpha value is -0.920. The van der Waals surface area contributed by atoms with Gasteiger partial charge in [-0.25, -0.2) is 8.42 Å². The van der Waals surface area contributed by atoms with Gasteiger partial charge in [0.05, 0.1) is 10.3 Å². The summed E-state index contributed by atoms with van der Waals surface area (Å²) in [6.07, 6.45) is 0.649. The summed E-state index contributed by atoms with van der Waals surface area (Å²) in [4.78, 5) is 11.4. The topological polar surface area (TPSA) is 74.7 Å². The van der Waals surface area contributed by atoms with Crippen LogP contribution in [-0.4, -0.2) is 36.9 Å². The lowest BCUT2D eigenvalue weighted by atomic mass is 9.81. The number of benzene rings is 1. The van der Waals surface area contributed by atoms with Gasteiger partial charge in [0, 0.05) is 17.6 Å². The van der Waals surface area contributed by atoms with Crippen LogP contribution in [0.15, 0.2) is 27.6 Å². The van der Waals surface area contributed by atoms with Gasteiger partial charge in [-0.15, -0.1) is 0 Å². The number of halogens is 1. The molecule has 0 amide bonds. The largest absolute Gasteiger partial charge is 0.481 e. The van der Waals surface area contributed by atoms with Crippen molar-refractivity contribution in [2.75, 3.05) is 13.1 Å². The molecule has 0 atom stereocenters. The fourth-order valence-electron chi connectivity index (χ4n) is 2.39. The molecule has 116 valence electrons. The van der Waals surface area contributed by atoms with Crippen LogP contribution in [-0.2, 0) is 14.8 Å². The van der Waals surface area contributed by atoms with E-state index in [0.29, 0.717) is 17.3 Å². The summed E-state index contributed by atoms with van der Waals surface area (Å²) in [6, 6.07) is 5.10. The monoisotopic (exact) mass is 375 g/mol. The van der Waals surface area contributed by atoms with Gasteiger partial charge in [0.2, 0.25) is 10.0 Å². The summed E-state index contributed by atoms with van der Waals surface area (Å²) >= 11 is 3.30. The van der Waals surface area contributed by atoms with Crippen LogP contribution >= 0.6 is 15.9 Å². The van der Waals surface area contributed by atoms with Crippen LogP contribution < -0.4 is 0 Å². The van der Waals surface area contributed by atoms with Gasteiger partial charge in [-0.2, -0.15) is 4.31 Å². The number of sulfonamides is 1. The molecule has 0 aromatic heterocycles. The Labute approximate surface area is 133 Å². The molecule has 0 bridgehead atoms. The molecule has 5 nitrogen and oxygen atoms in total. The highest BCUT2D eigenvalue weighted by atomic mass is 79.9. The van der Waals surface area contributed by atoms with E-state index in [1.807, 2.05) is 6.92 Å². The molecular formula is C14H18BrNO4S. The Morgan fingerprint density at radius 2 is 1.90 bits per heavy atom. The van der Waals surface area contributed by atoms with Gasteiger partial charge in [-0.3, -0.25) is 4.79 Å². The van der Waals surface area contributed by atoms with Gasteiger partial charge in [-0.05, 0) is 60.3 Å². The summed E-state index contributed by atoms with van der Waals surface area (Å²) in [5.74, 6) is -0.865. The molecule has 1 aliphatic heterocycles. The number of aliphatic carboxylic acids is 1. The second-order valence-electron chi connectivity index (χ2n) is 5.70. The van der Waals surface area contributed by atoms with Crippen molar-refractivity contribution in [2.45, 2.75) is 31.6 Å². The zero-order valence-corrected chi connectivity index (χ0v) is 14.4. The molecule has 1 heterocycles. The van der Waals surface area contributed by atoms with Crippen molar-refractivity contribution in [2.24, 2.45) is 5.41 Å². The Morgan fingerprint density at radius 3 is 2.38 bits per heavy atom. The highest BCUT2D eigenvalue weighted by Crippen LogP contribution is 2.34. The third-order valence-electron chi connectivity index (χ3n) is 4.05. The molecule has 0 saturated carbocycles. The molecule has 21 heavy (non-hydrogen) atoms. The number of hydrogen-bond donors (Lipinski definition) is 1. The van der Waals surface area contributed by atoms with Gasteiger partial charge >= 0.3 is 5.97 Å². The average Bonchev–Trinajstić information content (AvgIpc) is 2.38. The predicted molar refractivity (Wildman–Crippen MR) is 82.6 cm³/mol. The van der Waals surface area contributed by atoms with E-state index in [1.165, 1.54) is 4.31 Å². The lowest BCUT2D eigenvalue weighted by Crippen LogP contribution is -2.45. The summed E-state index contributed by atoms with van der Waals surface area (Å²) in [6.45, 7) is 4.01. The molecule has 1 aliphatic rings. The highest BCUT2D eigenvalue weighted by molar-refractivity contribution is 9.10. The quantitative estimate of drug-likeness (QED) is 0.880. The number of hydrogen-bond acceptors (Lipinski definition) is 3. The Balaban J connectivity index is 2.25. The first-order chi connectivity index (χ1) is 9.67. The van der Waals surface area contributed by atoms with Crippen molar-refractivity contribution in [3.8, 4) is 0 Å². The van der Waals surface area contributed by atoms with E-state index < -0.39 is 21.4 Å². The van der Waals surface area contributed by atoms with Crippen LogP contribution in [0.4, 0.5) is 0 Å². The van der Waals surface area contributed by atoms with Crippen molar-refractivity contribution in [1.82, 2.24) is 4.31 Å². The van der Waals surface area contributed by atoms with Crippen molar-refractivity contribution in [3.63, 3.8) is 0 Å². The van der Waals surface area contributed by atoms with Crippen molar-refractivity contribution in [3.05, 3.63) is 28.2 Å². The summed E-state index contributed by atoms with van der Waals surface area (Å²) in [5, 5.41) is 9.20. The van der Waals surface area contributed by atoms with Gasteiger partial charge in [0.1, 0.15) is 0 Å². The van der Waals surface area contributed by atoms with Crippen molar-refractivity contribution >= 4 is 31.9 Å². The van der Waals surface area contributed by atoms with Crippen LogP contribution in [0.2, 0.25) is 0 Å². The number of rotatable bonds is 3. The van der Waals surface area contributed by atoms with E-state index in [4.69, 9.17) is 0 Å². The minimum absolute atomic E-state index is 0.228. The smallest absolute Gasteiger partial charge is 0.309 e. The van der Waals surface area contributed by atoms with E-state index in [1.54, 1.807) is 25.1 Å². The molecule has 0 unspecified atom stereocenters. The number of carbonyl (C=O) groups is 1. The molecular weight excluding hydrogens is 358 g/mol. The summed E-state index contributed by atoms with van der Waals surface area (Å²) < 4.78 is 27.2. The SMILES string of the molecule is Cc1ccc(S(=O)(=O)N2CCC(C)(C(=O)O)CC2)c(Br)c1. The molecule has 1 aromatic carbocycles. The maximum absolute atomic E-state index is 12.6. The lowest BCUT2D eigenvalue weighted by molar-refractivity contribution is -0.150. The van der Waals surface area contributed by atoms with Crippen LogP contribution in [0.25, 0.3) is 0 Å². The fourth-order valence-corrected chi connectivity index (χ4v) is 4.98. The first-order valence-corrected chi connectivity index (χ1v) is 8.90. The van der Waals surface area contributed by atoms with Crippen LogP contribution in [0.1, 0.15) is 25.3 Å². The van der Waals surface area contributed by atoms with Gasteiger partial charge in [0.15, 0.2) is 0 Å². The molecule has 0 aliphatic carbocycles. The van der Waals surface area contributed by atoms with Crippen LogP contribution in [0.3, 0.4) is 0 Å². The maximum Gasteiger partial charge on any atom is 0.309 e. The summed E-state index contributed by atoms with van der Waals surface area (Å²) in [5.41, 5.74) is 0.134. The molecule has 1 aromatic rings. The Morgan fingerprint density at radius 1 is 1.33 bits per heavy atom. The number of piperidine rings is 1. The highest BCUT2D eigenvalue weighted by Gasteiger charge is 2.40. The van der Waals surface area contributed by atoms with E-state index in [9.17, 15) is 18.3 Å². The molecule has 0 radical (unpaired) electrons. The second-order valence-corrected chi connectivity index (χ2v) is 8.46. The van der Waals surface area contributed by atoms with E-state index in [0.717, 1.165) is 5.56 Å². The first kappa shape index (κ1) is 16.5. The minimum atomic E-state index is -3.59. The predicted octanol–water partition coefficient (Wildman–Crippen LogP) is 2.63. The van der Waals surface area contributed by atoms with E-state index in [2.05, 4.69) is 15.9 Å². The average molecular weight is 376 g/mol. The molecule has 2 rings (SSSR count). The third-order valence-corrected chi connectivity index (χ3v) is 6.92. The molecule has 7 heteroatoms. The second kappa shape index (κ2) is 5.70. The lowest BCUT2D eigenvalue weighted by Gasteiger charge is -2.35. The third kappa shape index (κ3) is 3.14.